The van der Waals surface area contributed by atoms with Gasteiger partial charge in [-0.05, 0) is 29.8 Å². The summed E-state index contributed by atoms with van der Waals surface area (Å²) in [7, 11) is 0. The van der Waals surface area contributed by atoms with Crippen LogP contribution in [0.2, 0.25) is 0 Å². The molecular weight excluding hydrogens is 417 g/mol. The highest BCUT2D eigenvalue weighted by atomic mass is 19.2. The van der Waals surface area contributed by atoms with Gasteiger partial charge in [-0.2, -0.15) is 4.39 Å². The average Bonchev–Trinajstić information content (AvgIpc) is 2.77. The van der Waals surface area contributed by atoms with E-state index in [0.717, 1.165) is 49.3 Å². The van der Waals surface area contributed by atoms with Gasteiger partial charge in [-0.1, -0.05) is 19.2 Å². The lowest BCUT2D eigenvalue weighted by molar-refractivity contribution is -0.133. The predicted molar refractivity (Wildman–Crippen MR) is 104 cm³/mol. The lowest BCUT2D eigenvalue weighted by atomic mass is 10.0. The normalized spacial score (nSPS) is 10.7. The molecule has 2 aromatic rings. The number of hydrogen-bond acceptors (Lipinski definition) is 6. The number of rotatable bonds is 9. The van der Waals surface area contributed by atoms with Crippen LogP contribution in [0.25, 0.3) is 11.1 Å². The smallest absolute Gasteiger partial charge is 0.335 e. The van der Waals surface area contributed by atoms with E-state index in [4.69, 9.17) is 9.47 Å². The van der Waals surface area contributed by atoms with Gasteiger partial charge in [0.1, 0.15) is 25.0 Å². The molecule has 0 bridgehead atoms. The molecule has 31 heavy (non-hydrogen) atoms. The molecule has 0 spiro atoms. The van der Waals surface area contributed by atoms with E-state index in [-0.39, 0.29) is 16.9 Å². The van der Waals surface area contributed by atoms with E-state index in [9.17, 15) is 22.8 Å². The van der Waals surface area contributed by atoms with Crippen molar-refractivity contribution in [2.24, 2.45) is 0 Å². The van der Waals surface area contributed by atoms with E-state index in [2.05, 4.69) is 22.6 Å². The summed E-state index contributed by atoms with van der Waals surface area (Å²) in [5.41, 5.74) is -0.196. The first-order valence-corrected chi connectivity index (χ1v) is 8.44. The minimum Gasteiger partial charge on any atom is -0.459 e. The first kappa shape index (κ1) is 23.0. The Balaban J connectivity index is 2.13. The second-order valence-corrected chi connectivity index (χ2v) is 5.45. The number of halogens is 3. The van der Waals surface area contributed by atoms with E-state index in [1.54, 1.807) is 0 Å². The molecule has 0 atom stereocenters. The molecule has 0 radical (unpaired) electrons. The highest BCUT2D eigenvalue weighted by Crippen LogP contribution is 2.32. The van der Waals surface area contributed by atoms with Gasteiger partial charge in [-0.25, -0.2) is 18.4 Å². The van der Waals surface area contributed by atoms with Crippen molar-refractivity contribution in [1.82, 2.24) is 0 Å². The van der Waals surface area contributed by atoms with E-state index in [1.807, 2.05) is 0 Å². The fourth-order valence-corrected chi connectivity index (χ4v) is 2.10. The van der Waals surface area contributed by atoms with Gasteiger partial charge < -0.3 is 18.9 Å². The summed E-state index contributed by atoms with van der Waals surface area (Å²) in [4.78, 5) is 21.7. The second-order valence-electron chi connectivity index (χ2n) is 5.45. The van der Waals surface area contributed by atoms with Gasteiger partial charge in [-0.3, -0.25) is 0 Å². The SMILES string of the molecule is C=CC(=O)O/C=C\Oc1ccc(-c2ccc(O/C=C\OC(=O)C=C)c(F)c2F)cc1F. The Labute approximate surface area is 175 Å². The van der Waals surface area contributed by atoms with E-state index < -0.39 is 35.1 Å². The van der Waals surface area contributed by atoms with Crippen LogP contribution in [0.3, 0.4) is 0 Å². The topological polar surface area (TPSA) is 71.1 Å². The largest absolute Gasteiger partial charge is 0.459 e. The van der Waals surface area contributed by atoms with Crippen molar-refractivity contribution in [2.75, 3.05) is 0 Å². The maximum atomic E-state index is 14.4. The summed E-state index contributed by atoms with van der Waals surface area (Å²) in [5, 5.41) is 0. The molecular formula is C22H15F3O6. The molecule has 0 aromatic heterocycles. The van der Waals surface area contributed by atoms with Crippen molar-refractivity contribution in [2.45, 2.75) is 0 Å². The van der Waals surface area contributed by atoms with E-state index in [1.165, 1.54) is 18.2 Å². The van der Waals surface area contributed by atoms with E-state index >= 15 is 0 Å². The number of benzene rings is 2. The molecule has 0 saturated carbocycles. The first-order valence-electron chi connectivity index (χ1n) is 8.44. The summed E-state index contributed by atoms with van der Waals surface area (Å²) in [5.74, 6) is -5.69. The molecule has 0 aliphatic carbocycles. The number of ether oxygens (including phenoxy) is 4. The summed E-state index contributed by atoms with van der Waals surface area (Å²) >= 11 is 0. The van der Waals surface area contributed by atoms with Crippen molar-refractivity contribution in [1.29, 1.82) is 0 Å². The summed E-state index contributed by atoms with van der Waals surface area (Å²) in [6, 6.07) is 5.72. The van der Waals surface area contributed by atoms with Crippen molar-refractivity contribution in [3.63, 3.8) is 0 Å². The Kier molecular flexibility index (Phi) is 8.21. The van der Waals surface area contributed by atoms with Gasteiger partial charge in [0.25, 0.3) is 0 Å². The van der Waals surface area contributed by atoms with Gasteiger partial charge in [-0.15, -0.1) is 0 Å². The van der Waals surface area contributed by atoms with Crippen LogP contribution in [-0.4, -0.2) is 11.9 Å². The number of carbonyl (C=O) groups excluding carboxylic acids is 2. The summed E-state index contributed by atoms with van der Waals surface area (Å²) < 4.78 is 61.7. The molecule has 2 rings (SSSR count). The Hall–Kier alpha value is -4.27. The van der Waals surface area contributed by atoms with Crippen LogP contribution in [0.5, 0.6) is 11.5 Å². The molecule has 160 valence electrons. The van der Waals surface area contributed by atoms with Gasteiger partial charge in [0.2, 0.25) is 5.82 Å². The van der Waals surface area contributed by atoms with Crippen molar-refractivity contribution < 1.29 is 41.7 Å². The third-order valence-corrected chi connectivity index (χ3v) is 3.49. The molecule has 0 aliphatic rings. The summed E-state index contributed by atoms with van der Waals surface area (Å²) in [6.45, 7) is 6.38. The van der Waals surface area contributed by atoms with E-state index in [0.29, 0.717) is 0 Å². The fraction of sp³-hybridized carbons (Fsp3) is 0. The minimum absolute atomic E-state index is 0.0327. The molecule has 0 amide bonds. The predicted octanol–water partition coefficient (Wildman–Crippen LogP) is 4.93. The monoisotopic (exact) mass is 432 g/mol. The fourth-order valence-electron chi connectivity index (χ4n) is 2.10. The van der Waals surface area contributed by atoms with Crippen molar-refractivity contribution in [3.05, 3.63) is 98.1 Å². The van der Waals surface area contributed by atoms with Gasteiger partial charge >= 0.3 is 11.9 Å². The quantitative estimate of drug-likeness (QED) is 0.318. The van der Waals surface area contributed by atoms with Crippen molar-refractivity contribution >= 4 is 11.9 Å². The molecule has 0 N–H and O–H groups in total. The number of esters is 2. The zero-order valence-corrected chi connectivity index (χ0v) is 15.8. The zero-order chi connectivity index (χ0) is 22.8. The molecule has 2 aromatic carbocycles. The molecule has 9 heteroatoms. The molecule has 0 heterocycles. The second kappa shape index (κ2) is 11.1. The number of carbonyl (C=O) groups is 2. The third kappa shape index (κ3) is 6.36. The molecule has 0 fully saturated rings. The first-order chi connectivity index (χ1) is 14.9. The third-order valence-electron chi connectivity index (χ3n) is 3.49. The Bertz CT molecular complexity index is 1060. The lowest BCUT2D eigenvalue weighted by Gasteiger charge is -2.09. The standard InChI is InChI=1S/C22H15F3O6/c1-3-19(26)30-11-9-28-17-7-5-14(13-16(17)23)15-6-8-18(22(25)21(15)24)29-10-12-31-20(27)4-2/h3-13H,1-2H2/b11-9-,12-10-. The molecule has 0 aliphatic heterocycles. The van der Waals surface area contributed by atoms with Gasteiger partial charge in [0, 0.05) is 17.7 Å². The highest BCUT2D eigenvalue weighted by molar-refractivity contribution is 5.82. The Morgan fingerprint density at radius 2 is 1.29 bits per heavy atom. The lowest BCUT2D eigenvalue weighted by Crippen LogP contribution is -1.97. The van der Waals surface area contributed by atoms with Crippen LogP contribution >= 0.6 is 0 Å². The minimum atomic E-state index is -1.33. The molecule has 6 nitrogen and oxygen atoms in total. The maximum Gasteiger partial charge on any atom is 0.335 e. The van der Waals surface area contributed by atoms with Crippen LogP contribution < -0.4 is 9.47 Å². The Morgan fingerprint density at radius 3 is 1.84 bits per heavy atom. The Morgan fingerprint density at radius 1 is 0.742 bits per heavy atom. The molecule has 0 saturated heterocycles. The van der Waals surface area contributed by atoms with Crippen LogP contribution in [0.4, 0.5) is 13.2 Å². The average molecular weight is 432 g/mol. The number of hydrogen-bond donors (Lipinski definition) is 0. The van der Waals surface area contributed by atoms with Crippen LogP contribution in [0.1, 0.15) is 0 Å². The van der Waals surface area contributed by atoms with Gasteiger partial charge in [0.15, 0.2) is 23.1 Å². The maximum absolute atomic E-state index is 14.4. The van der Waals surface area contributed by atoms with Crippen LogP contribution in [0, 0.1) is 17.5 Å². The zero-order valence-electron chi connectivity index (χ0n) is 15.8. The summed E-state index contributed by atoms with van der Waals surface area (Å²) in [6.07, 6.45) is 5.31. The van der Waals surface area contributed by atoms with Crippen LogP contribution in [0.15, 0.2) is 80.7 Å². The van der Waals surface area contributed by atoms with Crippen LogP contribution in [-0.2, 0) is 19.1 Å². The molecule has 0 unspecified atom stereocenters. The van der Waals surface area contributed by atoms with Crippen molar-refractivity contribution in [3.8, 4) is 22.6 Å². The van der Waals surface area contributed by atoms with Gasteiger partial charge in [0.05, 0.1) is 0 Å². The highest BCUT2D eigenvalue weighted by Gasteiger charge is 2.17.